The first-order valence-corrected chi connectivity index (χ1v) is 8.14. The highest BCUT2D eigenvalue weighted by Crippen LogP contribution is 2.38. The van der Waals surface area contributed by atoms with E-state index in [0.717, 1.165) is 5.56 Å². The molecule has 0 saturated heterocycles. The molecule has 1 aromatic heterocycles. The SMILES string of the molecule is C#CC(Oc1nc(C(Cl)(Cl)Cl)nc2ccccc12)c1ccccc1. The number of terminal acetylenes is 1. The average Bonchev–Trinajstić information content (AvgIpc) is 2.59. The number of rotatable bonds is 3. The minimum absolute atomic E-state index is 0.0324. The number of para-hydroxylation sites is 1. The second-order valence-corrected chi connectivity index (χ2v) is 7.22. The summed E-state index contributed by atoms with van der Waals surface area (Å²) < 4.78 is 4.17. The lowest BCUT2D eigenvalue weighted by atomic mass is 10.1. The zero-order valence-electron chi connectivity index (χ0n) is 12.3. The van der Waals surface area contributed by atoms with Crippen molar-refractivity contribution in [3.63, 3.8) is 0 Å². The lowest BCUT2D eigenvalue weighted by Gasteiger charge is -2.17. The van der Waals surface area contributed by atoms with Crippen LogP contribution in [0.25, 0.3) is 10.9 Å². The molecule has 0 aliphatic heterocycles. The summed E-state index contributed by atoms with van der Waals surface area (Å²) in [5.41, 5.74) is 1.44. The zero-order valence-corrected chi connectivity index (χ0v) is 14.6. The maximum absolute atomic E-state index is 5.94. The van der Waals surface area contributed by atoms with Crippen LogP contribution in [0.15, 0.2) is 54.6 Å². The first kappa shape index (κ1) is 16.9. The van der Waals surface area contributed by atoms with Crippen LogP contribution in [-0.2, 0) is 3.79 Å². The lowest BCUT2D eigenvalue weighted by Crippen LogP contribution is -2.12. The summed E-state index contributed by atoms with van der Waals surface area (Å²) in [7, 11) is 0. The van der Waals surface area contributed by atoms with Crippen molar-refractivity contribution in [3.8, 4) is 18.2 Å². The predicted molar refractivity (Wildman–Crippen MR) is 97.4 cm³/mol. The number of aromatic nitrogens is 2. The van der Waals surface area contributed by atoms with E-state index in [1.54, 1.807) is 6.07 Å². The zero-order chi connectivity index (χ0) is 17.2. The summed E-state index contributed by atoms with van der Waals surface area (Å²) in [6.07, 6.45) is 5.01. The number of hydrogen-bond donors (Lipinski definition) is 0. The van der Waals surface area contributed by atoms with Gasteiger partial charge in [0.05, 0.1) is 10.9 Å². The molecule has 0 N–H and O–H groups in total. The Morgan fingerprint density at radius 2 is 1.62 bits per heavy atom. The fourth-order valence-corrected chi connectivity index (χ4v) is 2.46. The van der Waals surface area contributed by atoms with Crippen molar-refractivity contribution in [1.29, 1.82) is 0 Å². The van der Waals surface area contributed by atoms with Gasteiger partial charge in [0.2, 0.25) is 9.67 Å². The number of hydrogen-bond acceptors (Lipinski definition) is 3. The van der Waals surface area contributed by atoms with E-state index in [-0.39, 0.29) is 11.7 Å². The quantitative estimate of drug-likeness (QED) is 0.464. The Bertz CT molecular complexity index is 902. The number of halogens is 3. The molecule has 2 aromatic carbocycles. The van der Waals surface area contributed by atoms with Crippen molar-refractivity contribution in [2.75, 3.05) is 0 Å². The molecule has 6 heteroatoms. The number of nitrogens with zero attached hydrogens (tertiary/aromatic N) is 2. The summed E-state index contributed by atoms with van der Waals surface area (Å²) in [6.45, 7) is 0. The third kappa shape index (κ3) is 3.57. The predicted octanol–water partition coefficient (Wildman–Crippen LogP) is 5.21. The molecule has 0 bridgehead atoms. The topological polar surface area (TPSA) is 35.0 Å². The maximum Gasteiger partial charge on any atom is 0.250 e. The fraction of sp³-hybridized carbons (Fsp3) is 0.111. The molecule has 3 rings (SSSR count). The summed E-state index contributed by atoms with van der Waals surface area (Å²) in [6, 6.07) is 16.7. The van der Waals surface area contributed by atoms with Crippen LogP contribution in [0, 0.1) is 12.3 Å². The van der Waals surface area contributed by atoms with Crippen molar-refractivity contribution in [2.45, 2.75) is 9.90 Å². The van der Waals surface area contributed by atoms with E-state index in [0.29, 0.717) is 10.9 Å². The highest BCUT2D eigenvalue weighted by Gasteiger charge is 2.29. The Labute approximate surface area is 154 Å². The molecule has 0 amide bonds. The standard InChI is InChI=1S/C18H11Cl3N2O/c1-2-15(12-8-4-3-5-9-12)24-16-13-10-6-7-11-14(13)22-17(23-16)18(19,20)21/h1,3-11,15H. The lowest BCUT2D eigenvalue weighted by molar-refractivity contribution is 0.257. The van der Waals surface area contributed by atoms with E-state index < -0.39 is 9.90 Å². The van der Waals surface area contributed by atoms with E-state index in [9.17, 15) is 0 Å². The molecule has 24 heavy (non-hydrogen) atoms. The largest absolute Gasteiger partial charge is 0.456 e. The van der Waals surface area contributed by atoms with Crippen molar-refractivity contribution in [1.82, 2.24) is 9.97 Å². The second kappa shape index (κ2) is 6.86. The number of ether oxygens (including phenoxy) is 1. The van der Waals surface area contributed by atoms with Crippen LogP contribution in [0.4, 0.5) is 0 Å². The highest BCUT2D eigenvalue weighted by atomic mass is 35.6. The molecular formula is C18H11Cl3N2O. The van der Waals surface area contributed by atoms with E-state index in [4.69, 9.17) is 46.0 Å². The molecule has 1 unspecified atom stereocenters. The van der Waals surface area contributed by atoms with Gasteiger partial charge in [0.15, 0.2) is 11.9 Å². The molecule has 3 nitrogen and oxygen atoms in total. The van der Waals surface area contributed by atoms with Gasteiger partial charge in [-0.3, -0.25) is 0 Å². The van der Waals surface area contributed by atoms with Gasteiger partial charge in [-0.05, 0) is 12.1 Å². The van der Waals surface area contributed by atoms with E-state index in [1.807, 2.05) is 48.5 Å². The first-order chi connectivity index (χ1) is 11.5. The van der Waals surface area contributed by atoms with Crippen molar-refractivity contribution < 1.29 is 4.74 Å². The summed E-state index contributed by atoms with van der Waals surface area (Å²) >= 11 is 17.8. The molecule has 3 aromatic rings. The Hall–Kier alpha value is -1.99. The Balaban J connectivity index is 2.09. The van der Waals surface area contributed by atoms with Gasteiger partial charge in [-0.1, -0.05) is 83.2 Å². The van der Waals surface area contributed by atoms with E-state index >= 15 is 0 Å². The molecule has 0 aliphatic rings. The van der Waals surface area contributed by atoms with Gasteiger partial charge in [-0.15, -0.1) is 6.42 Å². The van der Waals surface area contributed by atoms with Crippen molar-refractivity contribution >= 4 is 45.7 Å². The van der Waals surface area contributed by atoms with Gasteiger partial charge in [-0.2, -0.15) is 4.98 Å². The summed E-state index contributed by atoms with van der Waals surface area (Å²) in [4.78, 5) is 8.54. The minimum Gasteiger partial charge on any atom is -0.456 e. The Morgan fingerprint density at radius 1 is 0.958 bits per heavy atom. The summed E-state index contributed by atoms with van der Waals surface area (Å²) in [5.74, 6) is 2.91. The van der Waals surface area contributed by atoms with Crippen LogP contribution >= 0.6 is 34.8 Å². The van der Waals surface area contributed by atoms with Crippen molar-refractivity contribution in [3.05, 3.63) is 66.0 Å². The molecule has 120 valence electrons. The minimum atomic E-state index is -1.76. The monoisotopic (exact) mass is 376 g/mol. The molecule has 1 heterocycles. The molecule has 0 radical (unpaired) electrons. The molecule has 0 aliphatic carbocycles. The van der Waals surface area contributed by atoms with Gasteiger partial charge in [0.25, 0.3) is 0 Å². The van der Waals surface area contributed by atoms with Gasteiger partial charge in [0, 0.05) is 5.56 Å². The van der Waals surface area contributed by atoms with Crippen LogP contribution < -0.4 is 4.74 Å². The van der Waals surface area contributed by atoms with Crippen LogP contribution in [0.2, 0.25) is 0 Å². The number of benzene rings is 2. The Kier molecular flexibility index (Phi) is 4.82. The van der Waals surface area contributed by atoms with Gasteiger partial charge >= 0.3 is 0 Å². The molecule has 0 saturated carbocycles. The third-order valence-corrected chi connectivity index (χ3v) is 3.81. The molecule has 0 spiro atoms. The van der Waals surface area contributed by atoms with Crippen LogP contribution in [0.1, 0.15) is 17.5 Å². The Morgan fingerprint density at radius 3 is 2.29 bits per heavy atom. The van der Waals surface area contributed by atoms with E-state index in [1.165, 1.54) is 0 Å². The smallest absolute Gasteiger partial charge is 0.250 e. The first-order valence-electron chi connectivity index (χ1n) is 7.01. The second-order valence-electron chi connectivity index (χ2n) is 4.94. The number of alkyl halides is 3. The number of fused-ring (bicyclic) bond motifs is 1. The van der Waals surface area contributed by atoms with Crippen molar-refractivity contribution in [2.24, 2.45) is 0 Å². The maximum atomic E-state index is 5.94. The van der Waals surface area contributed by atoms with Gasteiger partial charge in [-0.25, -0.2) is 4.98 Å². The van der Waals surface area contributed by atoms with Crippen LogP contribution in [0.3, 0.4) is 0 Å². The van der Waals surface area contributed by atoms with Crippen LogP contribution in [-0.4, -0.2) is 9.97 Å². The van der Waals surface area contributed by atoms with Gasteiger partial charge in [0.1, 0.15) is 0 Å². The summed E-state index contributed by atoms with van der Waals surface area (Å²) in [5, 5.41) is 0.687. The van der Waals surface area contributed by atoms with E-state index in [2.05, 4.69) is 15.9 Å². The average molecular weight is 378 g/mol. The highest BCUT2D eigenvalue weighted by molar-refractivity contribution is 6.66. The van der Waals surface area contributed by atoms with Gasteiger partial charge < -0.3 is 4.74 Å². The third-order valence-electron chi connectivity index (χ3n) is 3.30. The molecule has 0 fully saturated rings. The van der Waals surface area contributed by atoms with Crippen LogP contribution in [0.5, 0.6) is 5.88 Å². The normalized spacial score (nSPS) is 12.6. The molecular weight excluding hydrogens is 367 g/mol. The fourth-order valence-electron chi connectivity index (χ4n) is 2.20. The molecule has 1 atom stereocenters.